The molecule has 0 unspecified atom stereocenters. The normalized spacial score (nSPS) is 15.2. The Kier molecular flexibility index (Phi) is 4.88. The third-order valence-electron chi connectivity index (χ3n) is 4.99. The first-order valence-corrected chi connectivity index (χ1v) is 9.13. The standard InChI is InChI=1S/C21H23N5/c22-15-16-8-12-26(13-9-16)20-14-19(17-4-2-1-3-5-17)24-21(25-20)18-6-10-23-11-7-18/h1-7,10-11,14,16H,8-9,12-13,15,22H2. The lowest BCUT2D eigenvalue weighted by molar-refractivity contribution is 0.413. The molecule has 3 heterocycles. The van der Waals surface area contributed by atoms with Gasteiger partial charge in [-0.25, -0.2) is 9.97 Å². The summed E-state index contributed by atoms with van der Waals surface area (Å²) in [4.78, 5) is 16.1. The largest absolute Gasteiger partial charge is 0.356 e. The molecule has 0 saturated carbocycles. The number of anilines is 1. The Morgan fingerprint density at radius 1 is 0.923 bits per heavy atom. The Hall–Kier alpha value is -2.79. The van der Waals surface area contributed by atoms with Gasteiger partial charge in [0.1, 0.15) is 5.82 Å². The van der Waals surface area contributed by atoms with Crippen LogP contribution in [0.4, 0.5) is 5.82 Å². The van der Waals surface area contributed by atoms with Crippen molar-refractivity contribution in [3.05, 3.63) is 60.9 Å². The highest BCUT2D eigenvalue weighted by atomic mass is 15.2. The molecule has 5 heteroatoms. The van der Waals surface area contributed by atoms with Crippen molar-refractivity contribution in [3.63, 3.8) is 0 Å². The van der Waals surface area contributed by atoms with Crippen LogP contribution < -0.4 is 10.6 Å². The summed E-state index contributed by atoms with van der Waals surface area (Å²) in [5.41, 5.74) is 8.87. The van der Waals surface area contributed by atoms with Gasteiger partial charge < -0.3 is 10.6 Å². The number of nitrogens with zero attached hydrogens (tertiary/aromatic N) is 4. The number of hydrogen-bond donors (Lipinski definition) is 1. The zero-order valence-corrected chi connectivity index (χ0v) is 14.8. The van der Waals surface area contributed by atoms with Crippen molar-refractivity contribution in [2.75, 3.05) is 24.5 Å². The fraction of sp³-hybridized carbons (Fsp3) is 0.286. The molecule has 0 radical (unpaired) electrons. The van der Waals surface area contributed by atoms with Gasteiger partial charge in [-0.05, 0) is 37.4 Å². The minimum Gasteiger partial charge on any atom is -0.356 e. The van der Waals surface area contributed by atoms with E-state index in [-0.39, 0.29) is 0 Å². The third kappa shape index (κ3) is 3.58. The summed E-state index contributed by atoms with van der Waals surface area (Å²) in [6.45, 7) is 2.75. The van der Waals surface area contributed by atoms with E-state index in [1.807, 2.05) is 30.3 Å². The van der Waals surface area contributed by atoms with Crippen molar-refractivity contribution in [1.82, 2.24) is 15.0 Å². The highest BCUT2D eigenvalue weighted by Gasteiger charge is 2.20. The maximum Gasteiger partial charge on any atom is 0.162 e. The average molecular weight is 345 g/mol. The summed E-state index contributed by atoms with van der Waals surface area (Å²) in [5, 5.41) is 0. The maximum absolute atomic E-state index is 5.84. The van der Waals surface area contributed by atoms with Crippen LogP contribution in [0.1, 0.15) is 12.8 Å². The summed E-state index contributed by atoms with van der Waals surface area (Å²) < 4.78 is 0. The number of rotatable bonds is 4. The smallest absolute Gasteiger partial charge is 0.162 e. The Labute approximate surface area is 153 Å². The lowest BCUT2D eigenvalue weighted by Crippen LogP contribution is -2.36. The average Bonchev–Trinajstić information content (AvgIpc) is 2.75. The molecule has 0 amide bonds. The number of benzene rings is 1. The summed E-state index contributed by atoms with van der Waals surface area (Å²) in [5.74, 6) is 2.35. The van der Waals surface area contributed by atoms with Crippen molar-refractivity contribution in [2.24, 2.45) is 11.7 Å². The molecule has 4 rings (SSSR count). The van der Waals surface area contributed by atoms with Gasteiger partial charge in [0.2, 0.25) is 0 Å². The van der Waals surface area contributed by atoms with Gasteiger partial charge in [0, 0.05) is 42.7 Å². The highest BCUT2D eigenvalue weighted by Crippen LogP contribution is 2.28. The highest BCUT2D eigenvalue weighted by molar-refractivity contribution is 5.67. The third-order valence-corrected chi connectivity index (χ3v) is 4.99. The van der Waals surface area contributed by atoms with E-state index in [1.165, 1.54) is 0 Å². The second-order valence-electron chi connectivity index (χ2n) is 6.70. The Morgan fingerprint density at radius 3 is 2.35 bits per heavy atom. The molecule has 3 aromatic rings. The first-order chi connectivity index (χ1) is 12.8. The van der Waals surface area contributed by atoms with Crippen molar-refractivity contribution < 1.29 is 0 Å². The molecule has 1 aliphatic rings. The van der Waals surface area contributed by atoms with Crippen LogP contribution in [0.2, 0.25) is 0 Å². The number of aromatic nitrogens is 3. The van der Waals surface area contributed by atoms with Crippen LogP contribution >= 0.6 is 0 Å². The van der Waals surface area contributed by atoms with Crippen LogP contribution in [0.3, 0.4) is 0 Å². The molecule has 1 saturated heterocycles. The van der Waals surface area contributed by atoms with Crippen LogP contribution in [-0.2, 0) is 0 Å². The summed E-state index contributed by atoms with van der Waals surface area (Å²) >= 11 is 0. The van der Waals surface area contributed by atoms with E-state index in [0.29, 0.717) is 5.92 Å². The fourth-order valence-corrected chi connectivity index (χ4v) is 3.38. The second kappa shape index (κ2) is 7.62. The van der Waals surface area contributed by atoms with Crippen LogP contribution in [0, 0.1) is 5.92 Å². The molecular formula is C21H23N5. The van der Waals surface area contributed by atoms with Gasteiger partial charge in [0.15, 0.2) is 5.82 Å². The predicted molar refractivity (Wildman–Crippen MR) is 105 cm³/mol. The zero-order chi connectivity index (χ0) is 17.8. The van der Waals surface area contributed by atoms with E-state index < -0.39 is 0 Å². The molecule has 2 aromatic heterocycles. The van der Waals surface area contributed by atoms with Crippen LogP contribution in [-0.4, -0.2) is 34.6 Å². The molecule has 5 nitrogen and oxygen atoms in total. The van der Waals surface area contributed by atoms with Crippen LogP contribution in [0.15, 0.2) is 60.9 Å². The Bertz CT molecular complexity index is 785. The van der Waals surface area contributed by atoms with Gasteiger partial charge in [-0.3, -0.25) is 4.98 Å². The minimum atomic E-state index is 0.626. The molecule has 2 N–H and O–H groups in total. The first kappa shape index (κ1) is 16.7. The van der Waals surface area contributed by atoms with Crippen molar-refractivity contribution >= 4 is 5.82 Å². The van der Waals surface area contributed by atoms with Gasteiger partial charge in [-0.2, -0.15) is 0 Å². The van der Waals surface area contributed by atoms with Crippen LogP contribution in [0.5, 0.6) is 0 Å². The number of pyridine rings is 1. The molecule has 1 fully saturated rings. The van der Waals surface area contributed by atoms with Crippen LogP contribution in [0.25, 0.3) is 22.6 Å². The van der Waals surface area contributed by atoms with Gasteiger partial charge in [-0.15, -0.1) is 0 Å². The lowest BCUT2D eigenvalue weighted by Gasteiger charge is -2.32. The number of hydrogen-bond acceptors (Lipinski definition) is 5. The predicted octanol–water partition coefficient (Wildman–Crippen LogP) is 3.38. The van der Waals surface area contributed by atoms with Gasteiger partial charge in [0.05, 0.1) is 5.69 Å². The van der Waals surface area contributed by atoms with E-state index in [1.54, 1.807) is 12.4 Å². The molecule has 1 aromatic carbocycles. The fourth-order valence-electron chi connectivity index (χ4n) is 3.38. The molecule has 0 spiro atoms. The quantitative estimate of drug-likeness (QED) is 0.785. The van der Waals surface area contributed by atoms with Gasteiger partial charge >= 0.3 is 0 Å². The van der Waals surface area contributed by atoms with E-state index >= 15 is 0 Å². The summed E-state index contributed by atoms with van der Waals surface area (Å²) in [7, 11) is 0. The van der Waals surface area contributed by atoms with E-state index in [0.717, 1.165) is 60.9 Å². The van der Waals surface area contributed by atoms with Crippen molar-refractivity contribution in [1.29, 1.82) is 0 Å². The van der Waals surface area contributed by atoms with Gasteiger partial charge in [0.25, 0.3) is 0 Å². The molecular weight excluding hydrogens is 322 g/mol. The lowest BCUT2D eigenvalue weighted by atomic mass is 9.97. The van der Waals surface area contributed by atoms with Crippen molar-refractivity contribution in [3.8, 4) is 22.6 Å². The Morgan fingerprint density at radius 2 is 1.65 bits per heavy atom. The monoisotopic (exact) mass is 345 g/mol. The second-order valence-corrected chi connectivity index (χ2v) is 6.70. The molecule has 0 aliphatic carbocycles. The summed E-state index contributed by atoms with van der Waals surface area (Å²) in [6, 6.07) is 16.3. The van der Waals surface area contributed by atoms with E-state index in [2.05, 4.69) is 28.1 Å². The molecule has 0 atom stereocenters. The SMILES string of the molecule is NCC1CCN(c2cc(-c3ccccc3)nc(-c3ccncc3)n2)CC1. The zero-order valence-electron chi connectivity index (χ0n) is 14.8. The first-order valence-electron chi connectivity index (χ1n) is 9.13. The maximum atomic E-state index is 5.84. The topological polar surface area (TPSA) is 67.9 Å². The van der Waals surface area contributed by atoms with E-state index in [4.69, 9.17) is 15.7 Å². The number of nitrogens with two attached hydrogens (primary N) is 1. The molecule has 132 valence electrons. The molecule has 0 bridgehead atoms. The summed E-state index contributed by atoms with van der Waals surface area (Å²) in [6.07, 6.45) is 5.79. The number of piperidine rings is 1. The molecule has 26 heavy (non-hydrogen) atoms. The minimum absolute atomic E-state index is 0.626. The Balaban J connectivity index is 1.74. The molecule has 1 aliphatic heterocycles. The van der Waals surface area contributed by atoms with E-state index in [9.17, 15) is 0 Å². The van der Waals surface area contributed by atoms with Crippen molar-refractivity contribution in [2.45, 2.75) is 12.8 Å². The van der Waals surface area contributed by atoms with Gasteiger partial charge in [-0.1, -0.05) is 30.3 Å².